The number of ether oxygens (including phenoxy) is 1. The summed E-state index contributed by atoms with van der Waals surface area (Å²) in [7, 11) is 0. The van der Waals surface area contributed by atoms with Crippen molar-refractivity contribution in [1.82, 2.24) is 15.0 Å². The highest BCUT2D eigenvalue weighted by molar-refractivity contribution is 7.22. The number of furan rings is 1. The van der Waals surface area contributed by atoms with E-state index in [0.29, 0.717) is 17.4 Å². The predicted molar refractivity (Wildman–Crippen MR) is 205 cm³/mol. The lowest BCUT2D eigenvalue weighted by Gasteiger charge is -2.23. The number of hydrogen-bond donors (Lipinski definition) is 3. The SMILES string of the molecule is c1c[nH]c(-c2c(-c3cc4ccccc4[nH]3)c3c(c(-c4cccs4)c2-c2cc4ccccc4s2)OC(c2cc4ccccc4o2)(c2ncco2)N3)c1. The van der Waals surface area contributed by atoms with Crippen LogP contribution in [-0.4, -0.2) is 15.0 Å². The van der Waals surface area contributed by atoms with Crippen LogP contribution in [0.15, 0.2) is 148 Å². The van der Waals surface area contributed by atoms with E-state index >= 15 is 0 Å². The minimum absolute atomic E-state index is 0.335. The van der Waals surface area contributed by atoms with Gasteiger partial charge in [-0.15, -0.1) is 22.7 Å². The van der Waals surface area contributed by atoms with E-state index in [4.69, 9.17) is 13.6 Å². The summed E-state index contributed by atoms with van der Waals surface area (Å²) in [4.78, 5) is 14.2. The zero-order valence-electron chi connectivity index (χ0n) is 26.8. The number of hydrogen-bond acceptors (Lipinski definition) is 7. The lowest BCUT2D eigenvalue weighted by molar-refractivity contribution is 0.104. The lowest BCUT2D eigenvalue weighted by atomic mass is 9.88. The number of thiophene rings is 2. The molecule has 0 saturated heterocycles. The van der Waals surface area contributed by atoms with Crippen LogP contribution in [0.3, 0.4) is 0 Å². The van der Waals surface area contributed by atoms with Gasteiger partial charge in [0.25, 0.3) is 5.89 Å². The highest BCUT2D eigenvalue weighted by atomic mass is 32.1. The van der Waals surface area contributed by atoms with E-state index in [-0.39, 0.29) is 0 Å². The van der Waals surface area contributed by atoms with Crippen LogP contribution in [0.25, 0.3) is 75.4 Å². The van der Waals surface area contributed by atoms with Crippen molar-refractivity contribution in [3.63, 3.8) is 0 Å². The van der Waals surface area contributed by atoms with Crippen molar-refractivity contribution in [1.29, 1.82) is 0 Å². The highest BCUT2D eigenvalue weighted by Gasteiger charge is 2.52. The van der Waals surface area contributed by atoms with Gasteiger partial charge in [0.1, 0.15) is 11.8 Å². The number of nitrogens with one attached hydrogen (secondary N) is 3. The summed E-state index contributed by atoms with van der Waals surface area (Å²) in [5.74, 6) is 1.56. The van der Waals surface area contributed by atoms with Gasteiger partial charge in [0.15, 0.2) is 11.5 Å². The van der Waals surface area contributed by atoms with Gasteiger partial charge in [0.05, 0.1) is 11.9 Å². The summed E-state index contributed by atoms with van der Waals surface area (Å²) < 4.78 is 21.3. The van der Waals surface area contributed by atoms with Crippen LogP contribution >= 0.6 is 22.7 Å². The fourth-order valence-corrected chi connectivity index (χ4v) is 9.30. The summed E-state index contributed by atoms with van der Waals surface area (Å²) in [5.41, 5.74) is 7.16. The average Bonchev–Trinajstić information content (AvgIpc) is 4.00. The van der Waals surface area contributed by atoms with Crippen molar-refractivity contribution in [2.24, 2.45) is 0 Å². The minimum atomic E-state index is -1.41. The Labute approximate surface area is 298 Å². The molecule has 1 atom stereocenters. The second kappa shape index (κ2) is 10.9. The van der Waals surface area contributed by atoms with Crippen molar-refractivity contribution in [2.45, 2.75) is 5.72 Å². The number of aromatic nitrogens is 3. The molecule has 7 heterocycles. The molecule has 9 heteroatoms. The number of anilines is 1. The molecule has 0 spiro atoms. The van der Waals surface area contributed by atoms with Gasteiger partial charge in [-0.05, 0) is 65.4 Å². The Hall–Kier alpha value is -6.29. The minimum Gasteiger partial charge on any atom is -0.454 e. The van der Waals surface area contributed by atoms with Crippen LogP contribution < -0.4 is 10.1 Å². The van der Waals surface area contributed by atoms with E-state index in [2.05, 4.69) is 105 Å². The Bertz CT molecular complexity index is 2780. The maximum Gasteiger partial charge on any atom is 0.317 e. The van der Waals surface area contributed by atoms with E-state index in [9.17, 15) is 0 Å². The van der Waals surface area contributed by atoms with Gasteiger partial charge in [0, 0.05) is 70.6 Å². The third kappa shape index (κ3) is 4.25. The van der Waals surface area contributed by atoms with Crippen LogP contribution in [0.5, 0.6) is 5.75 Å². The Morgan fingerprint density at radius 1 is 0.686 bits per heavy atom. The van der Waals surface area contributed by atoms with Crippen LogP contribution in [0.4, 0.5) is 5.69 Å². The summed E-state index contributed by atoms with van der Waals surface area (Å²) in [5, 5.41) is 9.21. The number of benzene rings is 4. The Morgan fingerprint density at radius 2 is 1.55 bits per heavy atom. The summed E-state index contributed by atoms with van der Waals surface area (Å²) in [6.07, 6.45) is 5.19. The number of para-hydroxylation sites is 2. The van der Waals surface area contributed by atoms with Gasteiger partial charge in [-0.3, -0.25) is 0 Å². The third-order valence-electron chi connectivity index (χ3n) is 9.62. The quantitative estimate of drug-likeness (QED) is 0.161. The smallest absolute Gasteiger partial charge is 0.317 e. The molecule has 11 rings (SSSR count). The van der Waals surface area contributed by atoms with Crippen LogP contribution in [0.1, 0.15) is 11.7 Å². The van der Waals surface area contributed by atoms with Crippen LogP contribution in [-0.2, 0) is 5.72 Å². The molecule has 0 saturated carbocycles. The van der Waals surface area contributed by atoms with Crippen LogP contribution in [0.2, 0.25) is 0 Å². The summed E-state index contributed by atoms with van der Waals surface area (Å²) in [6, 6.07) is 39.8. The van der Waals surface area contributed by atoms with Crippen molar-refractivity contribution in [2.75, 3.05) is 5.32 Å². The second-order valence-electron chi connectivity index (χ2n) is 12.6. The fourth-order valence-electron chi connectivity index (χ4n) is 7.41. The molecule has 6 aromatic heterocycles. The van der Waals surface area contributed by atoms with Gasteiger partial charge < -0.3 is 28.9 Å². The zero-order chi connectivity index (χ0) is 33.5. The zero-order valence-corrected chi connectivity index (χ0v) is 28.4. The Kier molecular flexibility index (Phi) is 6.07. The molecule has 4 aromatic carbocycles. The maximum absolute atomic E-state index is 7.38. The van der Waals surface area contributed by atoms with Gasteiger partial charge in [0.2, 0.25) is 0 Å². The largest absolute Gasteiger partial charge is 0.454 e. The molecule has 3 N–H and O–H groups in total. The van der Waals surface area contributed by atoms with Crippen molar-refractivity contribution < 1.29 is 13.6 Å². The first-order valence-electron chi connectivity index (χ1n) is 16.6. The van der Waals surface area contributed by atoms with Crippen LogP contribution in [0, 0.1) is 0 Å². The number of oxazole rings is 1. The molecule has 1 aliphatic heterocycles. The monoisotopic (exact) mass is 698 g/mol. The van der Waals surface area contributed by atoms with Gasteiger partial charge >= 0.3 is 5.72 Å². The number of rotatable bonds is 6. The molecular formula is C42H26N4O3S2. The Balaban J connectivity index is 1.31. The molecule has 244 valence electrons. The number of aromatic amines is 2. The summed E-state index contributed by atoms with van der Waals surface area (Å²) >= 11 is 3.46. The summed E-state index contributed by atoms with van der Waals surface area (Å²) in [6.45, 7) is 0. The molecule has 1 unspecified atom stereocenters. The van der Waals surface area contributed by atoms with E-state index in [1.165, 1.54) is 10.1 Å². The number of fused-ring (bicyclic) bond motifs is 4. The second-order valence-corrected chi connectivity index (χ2v) is 14.6. The van der Waals surface area contributed by atoms with Crippen molar-refractivity contribution in [3.05, 3.63) is 151 Å². The van der Waals surface area contributed by atoms with E-state index in [1.54, 1.807) is 35.1 Å². The Morgan fingerprint density at radius 3 is 2.33 bits per heavy atom. The maximum atomic E-state index is 7.38. The van der Waals surface area contributed by atoms with Gasteiger partial charge in [-0.25, -0.2) is 4.98 Å². The molecule has 1 aliphatic rings. The molecule has 10 aromatic rings. The highest BCUT2D eigenvalue weighted by Crippen LogP contribution is 2.61. The van der Waals surface area contributed by atoms with Crippen molar-refractivity contribution in [3.8, 4) is 49.1 Å². The first-order chi connectivity index (χ1) is 25.2. The lowest BCUT2D eigenvalue weighted by Crippen LogP contribution is -2.38. The molecule has 0 radical (unpaired) electrons. The van der Waals surface area contributed by atoms with Gasteiger partial charge in [-0.2, -0.15) is 0 Å². The molecule has 0 fully saturated rings. The van der Waals surface area contributed by atoms with E-state index in [0.717, 1.165) is 71.0 Å². The first-order valence-corrected chi connectivity index (χ1v) is 18.3. The molecule has 0 bridgehead atoms. The van der Waals surface area contributed by atoms with Gasteiger partial charge in [-0.1, -0.05) is 60.7 Å². The average molecular weight is 699 g/mol. The van der Waals surface area contributed by atoms with E-state index in [1.807, 2.05) is 42.6 Å². The topological polar surface area (TPSA) is 92.0 Å². The van der Waals surface area contributed by atoms with Crippen molar-refractivity contribution >= 4 is 60.3 Å². The van der Waals surface area contributed by atoms with E-state index < -0.39 is 5.72 Å². The number of nitrogens with zero attached hydrogens (tertiary/aromatic N) is 1. The predicted octanol–water partition coefficient (Wildman–Crippen LogP) is 11.9. The molecule has 0 amide bonds. The normalized spacial score (nSPS) is 15.5. The number of H-pyrrole nitrogens is 2. The molecule has 7 nitrogen and oxygen atoms in total. The first kappa shape index (κ1) is 28.5. The third-order valence-corrected chi connectivity index (χ3v) is 11.6. The molecule has 0 aliphatic carbocycles. The molecular weight excluding hydrogens is 673 g/mol. The fraction of sp³-hybridized carbons (Fsp3) is 0.0238. The molecule has 51 heavy (non-hydrogen) atoms. The standard InChI is InChI=1S/C42H26N4O3S2/c1-4-12-27-24(9-1)21-29(45-27)36-35(28-13-7-17-43-28)37(33-22-26-11-3-6-15-31(26)51-33)38(32-16-8-20-50-32)40-39(36)46-42(49-40,41-44-18-19-47-41)34-23-25-10-2-5-14-30(25)48-34/h1-23,43,45-46H.